The third-order valence-corrected chi connectivity index (χ3v) is 2.80. The van der Waals surface area contributed by atoms with Crippen LogP contribution < -0.4 is 5.73 Å². The smallest absolute Gasteiger partial charge is 0.0406 e. The average molecular weight is 232 g/mol. The molecule has 0 aromatic heterocycles. The number of benzene rings is 2. The van der Waals surface area contributed by atoms with E-state index in [0.29, 0.717) is 6.54 Å². The van der Waals surface area contributed by atoms with Crippen molar-refractivity contribution in [3.05, 3.63) is 70.2 Å². The lowest BCUT2D eigenvalue weighted by Gasteiger charge is -2.04. The zero-order valence-electron chi connectivity index (χ0n) is 8.99. The summed E-state index contributed by atoms with van der Waals surface area (Å²) >= 11 is 5.85. The van der Waals surface area contributed by atoms with Crippen molar-refractivity contribution in [2.45, 2.75) is 13.0 Å². The first-order valence-corrected chi connectivity index (χ1v) is 5.68. The second-order valence-electron chi connectivity index (χ2n) is 3.83. The molecule has 2 N–H and O–H groups in total. The quantitative estimate of drug-likeness (QED) is 0.861. The Balaban J connectivity index is 2.16. The molecule has 0 spiro atoms. The molecule has 0 fully saturated rings. The van der Waals surface area contributed by atoms with E-state index in [0.717, 1.165) is 11.4 Å². The summed E-state index contributed by atoms with van der Waals surface area (Å²) in [6.07, 6.45) is 0.922. The zero-order valence-corrected chi connectivity index (χ0v) is 9.74. The van der Waals surface area contributed by atoms with Crippen LogP contribution in [0.1, 0.15) is 16.7 Å². The number of halogens is 1. The monoisotopic (exact) mass is 231 g/mol. The van der Waals surface area contributed by atoms with Crippen LogP contribution >= 0.6 is 11.6 Å². The van der Waals surface area contributed by atoms with Crippen LogP contribution in [-0.4, -0.2) is 0 Å². The Hall–Kier alpha value is -1.31. The minimum absolute atomic E-state index is 0.592. The van der Waals surface area contributed by atoms with Gasteiger partial charge in [-0.05, 0) is 35.2 Å². The molecule has 0 radical (unpaired) electrons. The molecule has 0 saturated carbocycles. The van der Waals surface area contributed by atoms with Crippen molar-refractivity contribution in [2.75, 3.05) is 0 Å². The predicted octanol–water partition coefficient (Wildman–Crippen LogP) is 3.39. The normalized spacial score (nSPS) is 10.4. The molecule has 2 rings (SSSR count). The Kier molecular flexibility index (Phi) is 3.60. The van der Waals surface area contributed by atoms with Gasteiger partial charge in [0.2, 0.25) is 0 Å². The maximum atomic E-state index is 5.85. The molecule has 0 atom stereocenters. The van der Waals surface area contributed by atoms with Crippen LogP contribution in [-0.2, 0) is 13.0 Å². The second kappa shape index (κ2) is 5.15. The Morgan fingerprint density at radius 3 is 2.25 bits per heavy atom. The molecule has 0 amide bonds. The Bertz CT molecular complexity index is 462. The highest BCUT2D eigenvalue weighted by Crippen LogP contribution is 2.14. The second-order valence-corrected chi connectivity index (χ2v) is 4.26. The van der Waals surface area contributed by atoms with Crippen molar-refractivity contribution in [3.63, 3.8) is 0 Å². The van der Waals surface area contributed by atoms with E-state index in [9.17, 15) is 0 Å². The van der Waals surface area contributed by atoms with Crippen molar-refractivity contribution in [2.24, 2.45) is 5.73 Å². The summed E-state index contributed by atoms with van der Waals surface area (Å²) in [6.45, 7) is 0.592. The standard InChI is InChI=1S/C14H14ClN/c15-14-6-4-11(5-7-14)8-12-2-1-3-13(9-12)10-16/h1-7,9H,8,10,16H2. The van der Waals surface area contributed by atoms with Crippen LogP contribution in [0.4, 0.5) is 0 Å². The lowest BCUT2D eigenvalue weighted by Crippen LogP contribution is -1.97. The fourth-order valence-electron chi connectivity index (χ4n) is 1.70. The van der Waals surface area contributed by atoms with Gasteiger partial charge in [0.25, 0.3) is 0 Å². The predicted molar refractivity (Wildman–Crippen MR) is 68.6 cm³/mol. The SMILES string of the molecule is NCc1cccc(Cc2ccc(Cl)cc2)c1. The number of hydrogen-bond acceptors (Lipinski definition) is 1. The first kappa shape index (κ1) is 11.2. The molecule has 0 unspecified atom stereocenters. The maximum absolute atomic E-state index is 5.85. The average Bonchev–Trinajstić information content (AvgIpc) is 2.32. The summed E-state index contributed by atoms with van der Waals surface area (Å²) < 4.78 is 0. The van der Waals surface area contributed by atoms with E-state index in [-0.39, 0.29) is 0 Å². The lowest BCUT2D eigenvalue weighted by molar-refractivity contribution is 1.06. The molecule has 0 heterocycles. The molecule has 0 aliphatic carbocycles. The summed E-state index contributed by atoms with van der Waals surface area (Å²) in [4.78, 5) is 0. The van der Waals surface area contributed by atoms with E-state index in [1.54, 1.807) is 0 Å². The van der Waals surface area contributed by atoms with Crippen molar-refractivity contribution in [1.29, 1.82) is 0 Å². The van der Waals surface area contributed by atoms with Gasteiger partial charge in [-0.15, -0.1) is 0 Å². The van der Waals surface area contributed by atoms with Gasteiger partial charge in [-0.1, -0.05) is 48.0 Å². The molecular formula is C14H14ClN. The molecule has 2 heteroatoms. The number of nitrogens with two attached hydrogens (primary N) is 1. The van der Waals surface area contributed by atoms with Gasteiger partial charge < -0.3 is 5.73 Å². The maximum Gasteiger partial charge on any atom is 0.0406 e. The Labute approximate surface area is 101 Å². The summed E-state index contributed by atoms with van der Waals surface area (Å²) in [6, 6.07) is 16.3. The van der Waals surface area contributed by atoms with Gasteiger partial charge in [0.05, 0.1) is 0 Å². The molecule has 2 aromatic rings. The van der Waals surface area contributed by atoms with E-state index >= 15 is 0 Å². The van der Waals surface area contributed by atoms with E-state index in [1.807, 2.05) is 24.3 Å². The van der Waals surface area contributed by atoms with Gasteiger partial charge in [0, 0.05) is 11.6 Å². The third kappa shape index (κ3) is 2.84. The molecule has 0 aliphatic rings. The molecule has 0 saturated heterocycles. The van der Waals surface area contributed by atoms with Crippen molar-refractivity contribution in [3.8, 4) is 0 Å². The van der Waals surface area contributed by atoms with Gasteiger partial charge in [0.1, 0.15) is 0 Å². The minimum atomic E-state index is 0.592. The van der Waals surface area contributed by atoms with Gasteiger partial charge in [-0.3, -0.25) is 0 Å². The van der Waals surface area contributed by atoms with E-state index in [1.165, 1.54) is 16.7 Å². The summed E-state index contributed by atoms with van der Waals surface area (Å²) in [5.41, 5.74) is 9.33. The highest BCUT2D eigenvalue weighted by atomic mass is 35.5. The van der Waals surface area contributed by atoms with Crippen molar-refractivity contribution >= 4 is 11.6 Å². The van der Waals surface area contributed by atoms with E-state index in [4.69, 9.17) is 17.3 Å². The fourth-order valence-corrected chi connectivity index (χ4v) is 1.83. The largest absolute Gasteiger partial charge is 0.326 e. The first-order valence-electron chi connectivity index (χ1n) is 5.30. The van der Waals surface area contributed by atoms with Gasteiger partial charge in [-0.25, -0.2) is 0 Å². The van der Waals surface area contributed by atoms with E-state index in [2.05, 4.69) is 24.3 Å². The van der Waals surface area contributed by atoms with Crippen LogP contribution in [0.25, 0.3) is 0 Å². The third-order valence-electron chi connectivity index (χ3n) is 2.55. The van der Waals surface area contributed by atoms with Crippen LogP contribution in [0.3, 0.4) is 0 Å². The summed E-state index contributed by atoms with van der Waals surface area (Å²) in [5.74, 6) is 0. The highest BCUT2D eigenvalue weighted by molar-refractivity contribution is 6.30. The fraction of sp³-hybridized carbons (Fsp3) is 0.143. The summed E-state index contributed by atoms with van der Waals surface area (Å²) in [5, 5.41) is 0.777. The van der Waals surface area contributed by atoms with Gasteiger partial charge in [0.15, 0.2) is 0 Å². The number of rotatable bonds is 3. The van der Waals surface area contributed by atoms with Crippen LogP contribution in [0, 0.1) is 0 Å². The molecular weight excluding hydrogens is 218 g/mol. The molecule has 16 heavy (non-hydrogen) atoms. The molecule has 1 nitrogen and oxygen atoms in total. The van der Waals surface area contributed by atoms with Crippen molar-refractivity contribution in [1.82, 2.24) is 0 Å². The van der Waals surface area contributed by atoms with Gasteiger partial charge in [-0.2, -0.15) is 0 Å². The van der Waals surface area contributed by atoms with Crippen LogP contribution in [0.2, 0.25) is 5.02 Å². The number of hydrogen-bond donors (Lipinski definition) is 1. The summed E-state index contributed by atoms with van der Waals surface area (Å²) in [7, 11) is 0. The zero-order chi connectivity index (χ0) is 11.4. The van der Waals surface area contributed by atoms with Crippen LogP contribution in [0.5, 0.6) is 0 Å². The Morgan fingerprint density at radius 2 is 1.56 bits per heavy atom. The first-order chi connectivity index (χ1) is 7.78. The minimum Gasteiger partial charge on any atom is -0.326 e. The molecule has 2 aromatic carbocycles. The Morgan fingerprint density at radius 1 is 0.875 bits per heavy atom. The van der Waals surface area contributed by atoms with Crippen molar-refractivity contribution < 1.29 is 0 Å². The topological polar surface area (TPSA) is 26.0 Å². The lowest BCUT2D eigenvalue weighted by atomic mass is 10.0. The van der Waals surface area contributed by atoms with Crippen LogP contribution in [0.15, 0.2) is 48.5 Å². The van der Waals surface area contributed by atoms with E-state index < -0.39 is 0 Å². The molecule has 82 valence electrons. The molecule has 0 bridgehead atoms. The highest BCUT2D eigenvalue weighted by Gasteiger charge is 1.97. The van der Waals surface area contributed by atoms with Gasteiger partial charge >= 0.3 is 0 Å². The molecule has 0 aliphatic heterocycles.